The molecule has 0 spiro atoms. The number of nitrogens with zero attached hydrogens (tertiary/aromatic N) is 3. The van der Waals surface area contributed by atoms with E-state index in [9.17, 15) is 9.18 Å². The van der Waals surface area contributed by atoms with E-state index in [1.54, 1.807) is 30.6 Å². The lowest BCUT2D eigenvalue weighted by Crippen LogP contribution is -2.25. The van der Waals surface area contributed by atoms with Gasteiger partial charge in [-0.2, -0.15) is 5.10 Å². The van der Waals surface area contributed by atoms with Crippen molar-refractivity contribution in [1.82, 2.24) is 20.1 Å². The summed E-state index contributed by atoms with van der Waals surface area (Å²) in [5.41, 5.74) is 2.25. The monoisotopic (exact) mass is 326 g/mol. The van der Waals surface area contributed by atoms with Crippen molar-refractivity contribution < 1.29 is 9.18 Å². The van der Waals surface area contributed by atoms with Crippen LogP contribution in [0.15, 0.2) is 42.7 Å². The Hall–Kier alpha value is -2.76. The standard InChI is InChI=1S/C18H19FN4O/c1-12(2)23-17-14(11-22-23)9-15(10-21-17)18(24)20-8-7-13-3-5-16(19)6-4-13/h3-6,9-12H,7-8H2,1-2H3,(H,20,24). The van der Waals surface area contributed by atoms with E-state index in [2.05, 4.69) is 15.4 Å². The minimum atomic E-state index is -0.260. The Balaban J connectivity index is 1.64. The fourth-order valence-electron chi connectivity index (χ4n) is 2.52. The van der Waals surface area contributed by atoms with Gasteiger partial charge in [0.15, 0.2) is 5.65 Å². The van der Waals surface area contributed by atoms with Crippen molar-refractivity contribution in [2.24, 2.45) is 0 Å². The van der Waals surface area contributed by atoms with Gasteiger partial charge in [-0.3, -0.25) is 4.79 Å². The van der Waals surface area contributed by atoms with E-state index in [1.807, 2.05) is 18.5 Å². The molecule has 2 aromatic heterocycles. The maximum Gasteiger partial charge on any atom is 0.252 e. The summed E-state index contributed by atoms with van der Waals surface area (Å²) < 4.78 is 14.7. The number of halogens is 1. The van der Waals surface area contributed by atoms with Crippen LogP contribution in [0.3, 0.4) is 0 Å². The number of aromatic nitrogens is 3. The highest BCUT2D eigenvalue weighted by molar-refractivity contribution is 5.96. The van der Waals surface area contributed by atoms with Crippen molar-refractivity contribution in [3.63, 3.8) is 0 Å². The maximum absolute atomic E-state index is 12.9. The third-order valence-electron chi connectivity index (χ3n) is 3.80. The molecule has 3 aromatic rings. The molecule has 0 atom stereocenters. The van der Waals surface area contributed by atoms with Crippen molar-refractivity contribution in [2.45, 2.75) is 26.3 Å². The average Bonchev–Trinajstić information content (AvgIpc) is 3.00. The van der Waals surface area contributed by atoms with Gasteiger partial charge in [0.05, 0.1) is 11.8 Å². The van der Waals surface area contributed by atoms with E-state index in [1.165, 1.54) is 12.1 Å². The summed E-state index contributed by atoms with van der Waals surface area (Å²) >= 11 is 0. The van der Waals surface area contributed by atoms with Crippen LogP contribution in [0.1, 0.15) is 35.8 Å². The molecular weight excluding hydrogens is 307 g/mol. The first-order valence-corrected chi connectivity index (χ1v) is 7.90. The molecule has 0 fully saturated rings. The maximum atomic E-state index is 12.9. The number of hydrogen-bond donors (Lipinski definition) is 1. The smallest absolute Gasteiger partial charge is 0.252 e. The van der Waals surface area contributed by atoms with E-state index >= 15 is 0 Å². The number of nitrogens with one attached hydrogen (secondary N) is 1. The van der Waals surface area contributed by atoms with Crippen LogP contribution in [0, 0.1) is 5.82 Å². The third-order valence-corrected chi connectivity index (χ3v) is 3.80. The van der Waals surface area contributed by atoms with Crippen LogP contribution in [0.5, 0.6) is 0 Å². The SMILES string of the molecule is CC(C)n1ncc2cc(C(=O)NCCc3ccc(F)cc3)cnc21. The molecule has 3 rings (SSSR count). The van der Waals surface area contributed by atoms with Gasteiger partial charge in [-0.25, -0.2) is 14.1 Å². The van der Waals surface area contributed by atoms with E-state index in [0.717, 1.165) is 16.6 Å². The van der Waals surface area contributed by atoms with Crippen molar-refractivity contribution >= 4 is 16.9 Å². The van der Waals surface area contributed by atoms with Crippen molar-refractivity contribution in [3.05, 3.63) is 59.7 Å². The van der Waals surface area contributed by atoms with Gasteiger partial charge in [0.25, 0.3) is 5.91 Å². The van der Waals surface area contributed by atoms with E-state index < -0.39 is 0 Å². The third kappa shape index (κ3) is 3.42. The topological polar surface area (TPSA) is 59.8 Å². The summed E-state index contributed by atoms with van der Waals surface area (Å²) in [7, 11) is 0. The first-order chi connectivity index (χ1) is 11.5. The van der Waals surface area contributed by atoms with Crippen LogP contribution in [-0.4, -0.2) is 27.2 Å². The molecule has 0 unspecified atom stereocenters. The van der Waals surface area contributed by atoms with Crippen LogP contribution < -0.4 is 5.32 Å². The minimum Gasteiger partial charge on any atom is -0.352 e. The fourth-order valence-corrected chi connectivity index (χ4v) is 2.52. The Morgan fingerprint density at radius 3 is 2.71 bits per heavy atom. The number of hydrogen-bond acceptors (Lipinski definition) is 3. The Morgan fingerprint density at radius 1 is 1.25 bits per heavy atom. The lowest BCUT2D eigenvalue weighted by molar-refractivity contribution is 0.0954. The molecule has 1 N–H and O–H groups in total. The number of benzene rings is 1. The Labute approximate surface area is 139 Å². The summed E-state index contributed by atoms with van der Waals surface area (Å²) in [4.78, 5) is 16.6. The molecule has 0 aliphatic rings. The van der Waals surface area contributed by atoms with Crippen LogP contribution in [0.25, 0.3) is 11.0 Å². The predicted molar refractivity (Wildman–Crippen MR) is 90.4 cm³/mol. The fraction of sp³-hybridized carbons (Fsp3) is 0.278. The number of carbonyl (C=O) groups excluding carboxylic acids is 1. The van der Waals surface area contributed by atoms with Crippen LogP contribution in [0.2, 0.25) is 0 Å². The molecule has 0 aliphatic carbocycles. The van der Waals surface area contributed by atoms with E-state index in [4.69, 9.17) is 0 Å². The molecule has 1 aromatic carbocycles. The zero-order valence-electron chi connectivity index (χ0n) is 13.7. The average molecular weight is 326 g/mol. The molecule has 1 amide bonds. The van der Waals surface area contributed by atoms with Gasteiger partial charge in [0.2, 0.25) is 0 Å². The molecule has 0 saturated heterocycles. The lowest BCUT2D eigenvalue weighted by atomic mass is 10.1. The van der Waals surface area contributed by atoms with E-state index in [-0.39, 0.29) is 17.8 Å². The Bertz CT molecular complexity index is 855. The number of rotatable bonds is 5. The summed E-state index contributed by atoms with van der Waals surface area (Å²) in [5, 5.41) is 7.99. The molecule has 0 radical (unpaired) electrons. The number of fused-ring (bicyclic) bond motifs is 1. The predicted octanol–water partition coefficient (Wildman–Crippen LogP) is 3.12. The normalized spacial score (nSPS) is 11.2. The molecule has 0 aliphatic heterocycles. The molecule has 124 valence electrons. The molecular formula is C18H19FN4O. The van der Waals surface area contributed by atoms with Crippen molar-refractivity contribution in [1.29, 1.82) is 0 Å². The summed E-state index contributed by atoms with van der Waals surface area (Å²) in [5.74, 6) is -0.437. The van der Waals surface area contributed by atoms with Crippen LogP contribution in [0.4, 0.5) is 4.39 Å². The van der Waals surface area contributed by atoms with Gasteiger partial charge in [-0.15, -0.1) is 0 Å². The summed E-state index contributed by atoms with van der Waals surface area (Å²) in [6.45, 7) is 4.54. The van der Waals surface area contributed by atoms with Crippen molar-refractivity contribution in [2.75, 3.05) is 6.54 Å². The molecule has 6 heteroatoms. The lowest BCUT2D eigenvalue weighted by Gasteiger charge is -2.07. The van der Waals surface area contributed by atoms with Crippen molar-refractivity contribution in [3.8, 4) is 0 Å². The first-order valence-electron chi connectivity index (χ1n) is 7.90. The molecule has 24 heavy (non-hydrogen) atoms. The molecule has 0 bridgehead atoms. The second-order valence-corrected chi connectivity index (χ2v) is 5.95. The van der Waals surface area contributed by atoms with Gasteiger partial charge in [-0.1, -0.05) is 12.1 Å². The number of carbonyl (C=O) groups is 1. The summed E-state index contributed by atoms with van der Waals surface area (Å²) in [6.07, 6.45) is 3.93. The van der Waals surface area contributed by atoms with Gasteiger partial charge in [-0.05, 0) is 44.0 Å². The summed E-state index contributed by atoms with van der Waals surface area (Å²) in [6, 6.07) is 8.28. The van der Waals surface area contributed by atoms with Crippen LogP contribution >= 0.6 is 0 Å². The highest BCUT2D eigenvalue weighted by atomic mass is 19.1. The number of pyridine rings is 1. The zero-order valence-corrected chi connectivity index (χ0v) is 13.7. The van der Waals surface area contributed by atoms with Gasteiger partial charge < -0.3 is 5.32 Å². The largest absolute Gasteiger partial charge is 0.352 e. The molecule has 0 saturated carbocycles. The first kappa shape index (κ1) is 16.1. The minimum absolute atomic E-state index is 0.177. The highest BCUT2D eigenvalue weighted by Gasteiger charge is 2.11. The quantitative estimate of drug-likeness (QED) is 0.783. The second-order valence-electron chi connectivity index (χ2n) is 5.95. The molecule has 2 heterocycles. The van der Waals surface area contributed by atoms with Crippen LogP contribution in [-0.2, 0) is 6.42 Å². The van der Waals surface area contributed by atoms with Gasteiger partial charge in [0.1, 0.15) is 5.82 Å². The highest BCUT2D eigenvalue weighted by Crippen LogP contribution is 2.16. The van der Waals surface area contributed by atoms with E-state index in [0.29, 0.717) is 18.5 Å². The zero-order chi connectivity index (χ0) is 17.1. The Morgan fingerprint density at radius 2 is 2.00 bits per heavy atom. The van der Waals surface area contributed by atoms with Gasteiger partial charge >= 0.3 is 0 Å². The molecule has 5 nitrogen and oxygen atoms in total. The van der Waals surface area contributed by atoms with Gasteiger partial charge in [0, 0.05) is 24.2 Å². The Kier molecular flexibility index (Phi) is 4.55. The number of amides is 1. The second kappa shape index (κ2) is 6.78.